The first-order valence-corrected chi connectivity index (χ1v) is 2.35. The van der Waals surface area contributed by atoms with Crippen LogP contribution < -0.4 is 0 Å². The van der Waals surface area contributed by atoms with Crippen LogP contribution in [0.4, 0.5) is 13.2 Å². The Balaban J connectivity index is 3.29. The highest BCUT2D eigenvalue weighted by atomic mass is 19.2. The predicted molar refractivity (Wildman–Crippen MR) is 25.7 cm³/mol. The third kappa shape index (κ3) is 2.19. The maximum Gasteiger partial charge on any atom is 0.159 e. The van der Waals surface area contributed by atoms with E-state index < -0.39 is 19.0 Å². The van der Waals surface area contributed by atoms with Gasteiger partial charge in [0.1, 0.15) is 12.8 Å². The molecular weight excluding hydrogens is 117 g/mol. The summed E-state index contributed by atoms with van der Waals surface area (Å²) in [6, 6.07) is 0. The zero-order valence-electron chi connectivity index (χ0n) is 4.41. The third-order valence-electron chi connectivity index (χ3n) is 0.816. The molecule has 0 amide bonds. The van der Waals surface area contributed by atoms with Crippen molar-refractivity contribution in [2.24, 2.45) is 0 Å². The minimum absolute atomic E-state index is 0.203. The van der Waals surface area contributed by atoms with E-state index in [0.29, 0.717) is 0 Å². The Morgan fingerprint density at radius 2 is 1.75 bits per heavy atom. The van der Waals surface area contributed by atoms with Crippen LogP contribution in [0.25, 0.3) is 0 Å². The van der Waals surface area contributed by atoms with Gasteiger partial charge in [-0.15, -0.1) is 0 Å². The first kappa shape index (κ1) is 7.79. The van der Waals surface area contributed by atoms with Crippen molar-refractivity contribution >= 4 is 0 Å². The summed E-state index contributed by atoms with van der Waals surface area (Å²) in [4.78, 5) is 0. The average molecular weight is 125 g/mol. The van der Waals surface area contributed by atoms with Crippen LogP contribution in [-0.4, -0.2) is 19.0 Å². The van der Waals surface area contributed by atoms with Crippen LogP contribution in [0.5, 0.6) is 0 Å². The summed E-state index contributed by atoms with van der Waals surface area (Å²) in [5, 5.41) is 0. The Hall–Kier alpha value is -0.210. The van der Waals surface area contributed by atoms with Crippen molar-refractivity contribution < 1.29 is 13.2 Å². The van der Waals surface area contributed by atoms with Crippen molar-refractivity contribution in [2.75, 3.05) is 6.67 Å². The fourth-order valence-corrected chi connectivity index (χ4v) is 0.278. The molecule has 0 aromatic rings. The number of halogens is 3. The standard InChI is InChI=1S/C5H8F3/c1-2-4(7)5(8)3-6/h4-5H,1-3H2. The van der Waals surface area contributed by atoms with Gasteiger partial charge in [0, 0.05) is 0 Å². The molecule has 0 aliphatic heterocycles. The van der Waals surface area contributed by atoms with E-state index in [4.69, 9.17) is 0 Å². The van der Waals surface area contributed by atoms with Crippen LogP contribution in [0.3, 0.4) is 0 Å². The Labute approximate surface area is 46.7 Å². The summed E-state index contributed by atoms with van der Waals surface area (Å²) in [7, 11) is 0. The summed E-state index contributed by atoms with van der Waals surface area (Å²) >= 11 is 0. The molecule has 0 aliphatic carbocycles. The van der Waals surface area contributed by atoms with Crippen molar-refractivity contribution in [1.29, 1.82) is 0 Å². The molecular formula is C5H8F3. The van der Waals surface area contributed by atoms with Crippen molar-refractivity contribution in [1.82, 2.24) is 0 Å². The molecule has 0 spiro atoms. The second kappa shape index (κ2) is 3.75. The molecule has 0 nitrogen and oxygen atoms in total. The maximum atomic E-state index is 11.8. The van der Waals surface area contributed by atoms with Crippen LogP contribution in [0.1, 0.15) is 6.42 Å². The van der Waals surface area contributed by atoms with Crippen molar-refractivity contribution in [3.05, 3.63) is 6.92 Å². The lowest BCUT2D eigenvalue weighted by Crippen LogP contribution is -2.17. The van der Waals surface area contributed by atoms with Gasteiger partial charge in [0.25, 0.3) is 0 Å². The van der Waals surface area contributed by atoms with Crippen LogP contribution in [-0.2, 0) is 0 Å². The maximum absolute atomic E-state index is 11.8. The van der Waals surface area contributed by atoms with E-state index >= 15 is 0 Å². The Morgan fingerprint density at radius 3 is 1.88 bits per heavy atom. The lowest BCUT2D eigenvalue weighted by molar-refractivity contribution is 0.138. The number of hydrogen-bond donors (Lipinski definition) is 0. The smallest absolute Gasteiger partial charge is 0.159 e. The SMILES string of the molecule is [CH2]CC(F)C(F)CF. The molecule has 0 N–H and O–H groups in total. The first-order valence-electron chi connectivity index (χ1n) is 2.35. The monoisotopic (exact) mass is 125 g/mol. The van der Waals surface area contributed by atoms with Gasteiger partial charge in [-0.05, 0) is 6.42 Å². The summed E-state index contributed by atoms with van der Waals surface area (Å²) < 4.78 is 34.8. The number of hydrogen-bond acceptors (Lipinski definition) is 0. The molecule has 49 valence electrons. The van der Waals surface area contributed by atoms with E-state index in [1.807, 2.05) is 0 Å². The van der Waals surface area contributed by atoms with Crippen molar-refractivity contribution in [2.45, 2.75) is 18.8 Å². The van der Waals surface area contributed by atoms with Crippen LogP contribution in [0, 0.1) is 6.92 Å². The summed E-state index contributed by atoms with van der Waals surface area (Å²) in [5.74, 6) is 0. The fraction of sp³-hybridized carbons (Fsp3) is 0.800. The van der Waals surface area contributed by atoms with Gasteiger partial charge < -0.3 is 0 Å². The van der Waals surface area contributed by atoms with Gasteiger partial charge in [-0.1, -0.05) is 6.92 Å². The quantitative estimate of drug-likeness (QED) is 0.540. The van der Waals surface area contributed by atoms with Gasteiger partial charge in [-0.2, -0.15) is 0 Å². The fourth-order valence-electron chi connectivity index (χ4n) is 0.278. The molecule has 2 unspecified atom stereocenters. The van der Waals surface area contributed by atoms with Gasteiger partial charge in [-0.3, -0.25) is 0 Å². The minimum Gasteiger partial charge on any atom is -0.248 e. The molecule has 0 heterocycles. The van der Waals surface area contributed by atoms with Gasteiger partial charge in [0.05, 0.1) is 0 Å². The average Bonchev–Trinajstić information content (AvgIpc) is 1.84. The Kier molecular flexibility index (Phi) is 3.65. The second-order valence-electron chi connectivity index (χ2n) is 1.47. The topological polar surface area (TPSA) is 0 Å². The van der Waals surface area contributed by atoms with E-state index in [2.05, 4.69) is 6.92 Å². The molecule has 0 saturated heterocycles. The largest absolute Gasteiger partial charge is 0.248 e. The summed E-state index contributed by atoms with van der Waals surface area (Å²) in [6.45, 7) is 1.82. The third-order valence-corrected chi connectivity index (χ3v) is 0.816. The lowest BCUT2D eigenvalue weighted by atomic mass is 10.2. The van der Waals surface area contributed by atoms with Crippen LogP contribution >= 0.6 is 0 Å². The van der Waals surface area contributed by atoms with Crippen LogP contribution in [0.15, 0.2) is 0 Å². The Morgan fingerprint density at radius 1 is 1.25 bits per heavy atom. The molecule has 2 atom stereocenters. The highest BCUT2D eigenvalue weighted by molar-refractivity contribution is 4.67. The number of alkyl halides is 3. The molecule has 3 heteroatoms. The van der Waals surface area contributed by atoms with Crippen LogP contribution in [0.2, 0.25) is 0 Å². The number of rotatable bonds is 3. The molecule has 0 aromatic carbocycles. The normalized spacial score (nSPS) is 18.0. The summed E-state index contributed by atoms with van der Waals surface area (Å²) in [5.41, 5.74) is 0. The van der Waals surface area contributed by atoms with E-state index in [-0.39, 0.29) is 6.42 Å². The van der Waals surface area contributed by atoms with Gasteiger partial charge >= 0.3 is 0 Å². The molecule has 0 saturated carbocycles. The van der Waals surface area contributed by atoms with Crippen molar-refractivity contribution in [3.63, 3.8) is 0 Å². The predicted octanol–water partition coefficient (Wildman–Crippen LogP) is 1.86. The van der Waals surface area contributed by atoms with Gasteiger partial charge in [0.15, 0.2) is 6.17 Å². The first-order chi connectivity index (χ1) is 3.72. The molecule has 0 bridgehead atoms. The molecule has 0 fully saturated rings. The summed E-state index contributed by atoms with van der Waals surface area (Å²) in [6.07, 6.45) is -3.92. The molecule has 0 rings (SSSR count). The highest BCUT2D eigenvalue weighted by Crippen LogP contribution is 2.07. The van der Waals surface area contributed by atoms with Gasteiger partial charge in [0.2, 0.25) is 0 Å². The van der Waals surface area contributed by atoms with Crippen molar-refractivity contribution in [3.8, 4) is 0 Å². The van der Waals surface area contributed by atoms with E-state index in [9.17, 15) is 13.2 Å². The van der Waals surface area contributed by atoms with E-state index in [1.54, 1.807) is 0 Å². The molecule has 8 heavy (non-hydrogen) atoms. The van der Waals surface area contributed by atoms with E-state index in [1.165, 1.54) is 0 Å². The van der Waals surface area contributed by atoms with E-state index in [0.717, 1.165) is 0 Å². The van der Waals surface area contributed by atoms with Gasteiger partial charge in [-0.25, -0.2) is 13.2 Å². The zero-order chi connectivity index (χ0) is 6.57. The molecule has 0 aromatic heterocycles. The minimum atomic E-state index is -1.98. The lowest BCUT2D eigenvalue weighted by Gasteiger charge is -2.04. The highest BCUT2D eigenvalue weighted by Gasteiger charge is 2.16. The molecule has 1 radical (unpaired) electrons. The molecule has 0 aliphatic rings. The second-order valence-corrected chi connectivity index (χ2v) is 1.47. The zero-order valence-corrected chi connectivity index (χ0v) is 4.41. The Bertz CT molecular complexity index is 47.6.